The average molecular weight is 511 g/mol. The van der Waals surface area contributed by atoms with Crippen molar-refractivity contribution in [1.82, 2.24) is 4.90 Å². The summed E-state index contributed by atoms with van der Waals surface area (Å²) in [4.78, 5) is 6.05. The van der Waals surface area contributed by atoms with Gasteiger partial charge in [0.25, 0.3) is 0 Å². The molecule has 0 spiro atoms. The SMILES string of the molecule is CN(C)C1=N[C@@H]2[C@@H](O)[C@H](O)C(C(CCc3ccccc3)(OCc3ccccc3)C(F)(F)F)O[C@@H]2S1. The number of aryl methyl sites for hydroxylation is 1. The lowest BCUT2D eigenvalue weighted by Crippen LogP contribution is -2.68. The van der Waals surface area contributed by atoms with E-state index in [1.807, 2.05) is 0 Å². The molecule has 0 aliphatic carbocycles. The van der Waals surface area contributed by atoms with Gasteiger partial charge in [-0.1, -0.05) is 72.4 Å². The minimum atomic E-state index is -4.90. The number of fused-ring (bicyclic) bond motifs is 1. The normalized spacial score (nSPS) is 28.2. The van der Waals surface area contributed by atoms with Crippen LogP contribution >= 0.6 is 11.8 Å². The van der Waals surface area contributed by atoms with Gasteiger partial charge in [0.05, 0.1) is 6.61 Å². The zero-order valence-electron chi connectivity index (χ0n) is 19.4. The summed E-state index contributed by atoms with van der Waals surface area (Å²) in [5.41, 5.74) is -2.50. The number of ether oxygens (including phenoxy) is 2. The van der Waals surface area contributed by atoms with E-state index in [-0.39, 0.29) is 13.0 Å². The van der Waals surface area contributed by atoms with Crippen molar-refractivity contribution in [2.24, 2.45) is 4.99 Å². The fraction of sp³-hybridized carbons (Fsp3) is 0.480. The van der Waals surface area contributed by atoms with Crippen LogP contribution in [0.15, 0.2) is 65.7 Å². The molecule has 2 aromatic rings. The first-order valence-electron chi connectivity index (χ1n) is 11.3. The Kier molecular flexibility index (Phi) is 7.77. The van der Waals surface area contributed by atoms with E-state index in [0.717, 1.165) is 11.8 Å². The molecule has 2 N–H and O–H groups in total. The first-order chi connectivity index (χ1) is 16.6. The molecule has 2 aliphatic rings. The topological polar surface area (TPSA) is 74.5 Å². The van der Waals surface area contributed by atoms with Gasteiger partial charge in [0.15, 0.2) is 10.8 Å². The summed E-state index contributed by atoms with van der Waals surface area (Å²) < 4.78 is 56.5. The van der Waals surface area contributed by atoms with Crippen LogP contribution in [0.3, 0.4) is 0 Å². The molecule has 6 nitrogen and oxygen atoms in total. The summed E-state index contributed by atoms with van der Waals surface area (Å²) in [6.45, 7) is -0.335. The monoisotopic (exact) mass is 510 g/mol. The summed E-state index contributed by atoms with van der Waals surface area (Å²) >= 11 is 1.13. The largest absolute Gasteiger partial charge is 0.420 e. The molecule has 2 aromatic carbocycles. The van der Waals surface area contributed by atoms with E-state index in [9.17, 15) is 23.4 Å². The molecule has 1 fully saturated rings. The molecule has 190 valence electrons. The molecule has 2 aliphatic heterocycles. The van der Waals surface area contributed by atoms with Crippen LogP contribution in [0.2, 0.25) is 0 Å². The fourth-order valence-electron chi connectivity index (χ4n) is 4.39. The van der Waals surface area contributed by atoms with E-state index in [4.69, 9.17) is 9.47 Å². The number of nitrogens with zero attached hydrogens (tertiary/aromatic N) is 2. The highest BCUT2D eigenvalue weighted by Gasteiger charge is 2.66. The fourth-order valence-corrected chi connectivity index (χ4v) is 5.53. The molecule has 1 saturated heterocycles. The molecule has 0 amide bonds. The molecule has 0 bridgehead atoms. The second-order valence-electron chi connectivity index (χ2n) is 8.97. The molecule has 6 atom stereocenters. The quantitative estimate of drug-likeness (QED) is 0.593. The Bertz CT molecular complexity index is 963. The minimum absolute atomic E-state index is 0.0402. The third kappa shape index (κ3) is 5.36. The molecule has 0 radical (unpaired) electrons. The van der Waals surface area contributed by atoms with Gasteiger partial charge in [-0.05, 0) is 24.0 Å². The molecule has 2 unspecified atom stereocenters. The highest BCUT2D eigenvalue weighted by Crippen LogP contribution is 2.48. The van der Waals surface area contributed by atoms with E-state index in [0.29, 0.717) is 16.3 Å². The Morgan fingerprint density at radius 1 is 0.971 bits per heavy atom. The van der Waals surface area contributed by atoms with E-state index in [1.54, 1.807) is 79.7 Å². The van der Waals surface area contributed by atoms with E-state index in [1.165, 1.54) is 0 Å². The summed E-state index contributed by atoms with van der Waals surface area (Å²) in [5.74, 6) is 0. The maximum absolute atomic E-state index is 15.0. The third-order valence-electron chi connectivity index (χ3n) is 6.34. The Morgan fingerprint density at radius 3 is 2.14 bits per heavy atom. The van der Waals surface area contributed by atoms with E-state index in [2.05, 4.69) is 4.99 Å². The van der Waals surface area contributed by atoms with Crippen LogP contribution in [0.1, 0.15) is 17.5 Å². The Hall–Kier alpha value is -2.11. The molecule has 4 rings (SSSR count). The second-order valence-corrected chi connectivity index (χ2v) is 10.0. The summed E-state index contributed by atoms with van der Waals surface area (Å²) in [5, 5.41) is 22.3. The number of aliphatic imine (C=N–C) groups is 1. The van der Waals surface area contributed by atoms with Crippen LogP contribution in [-0.2, 0) is 22.5 Å². The van der Waals surface area contributed by atoms with Gasteiger partial charge < -0.3 is 24.6 Å². The molecule has 10 heteroatoms. The number of aliphatic hydroxyl groups is 2. The highest BCUT2D eigenvalue weighted by atomic mass is 32.2. The van der Waals surface area contributed by atoms with Crippen molar-refractivity contribution in [2.45, 2.75) is 61.0 Å². The van der Waals surface area contributed by atoms with Crippen LogP contribution < -0.4 is 0 Å². The van der Waals surface area contributed by atoms with Gasteiger partial charge in [-0.25, -0.2) is 0 Å². The van der Waals surface area contributed by atoms with Crippen LogP contribution in [0, 0.1) is 0 Å². The number of aliphatic hydroxyl groups excluding tert-OH is 2. The van der Waals surface area contributed by atoms with Crippen LogP contribution in [0.5, 0.6) is 0 Å². The van der Waals surface area contributed by atoms with Crippen molar-refractivity contribution in [1.29, 1.82) is 0 Å². The zero-order valence-corrected chi connectivity index (χ0v) is 20.2. The minimum Gasteiger partial charge on any atom is -0.388 e. The highest BCUT2D eigenvalue weighted by molar-refractivity contribution is 8.14. The van der Waals surface area contributed by atoms with Crippen LogP contribution in [0.25, 0.3) is 0 Å². The number of alkyl halides is 3. The van der Waals surface area contributed by atoms with Crippen molar-refractivity contribution in [2.75, 3.05) is 14.1 Å². The lowest BCUT2D eigenvalue weighted by Gasteiger charge is -2.48. The van der Waals surface area contributed by atoms with E-state index < -0.39 is 48.0 Å². The molecule has 0 saturated carbocycles. The standard InChI is InChI=1S/C25H29F3N2O4S/c1-30(2)23-29-18-19(31)20(32)21(34-22(18)35-23)24(25(26,27)28,14-13-16-9-5-3-6-10-16)33-15-17-11-7-4-8-12-17/h3-12,18-22,31-32H,13-15H2,1-2H3/t18-,19-,20+,21?,22-,24?/m1/s1. The molecular formula is C25H29F3N2O4S. The van der Waals surface area contributed by atoms with Crippen molar-refractivity contribution in [3.05, 3.63) is 71.8 Å². The lowest BCUT2D eigenvalue weighted by molar-refractivity contribution is -0.343. The Labute approximate surface area is 206 Å². The van der Waals surface area contributed by atoms with Gasteiger partial charge in [-0.15, -0.1) is 0 Å². The van der Waals surface area contributed by atoms with Crippen molar-refractivity contribution in [3.8, 4) is 0 Å². The predicted molar refractivity (Wildman–Crippen MR) is 128 cm³/mol. The van der Waals surface area contributed by atoms with Gasteiger partial charge in [-0.2, -0.15) is 13.2 Å². The van der Waals surface area contributed by atoms with Gasteiger partial charge in [-0.3, -0.25) is 4.99 Å². The lowest BCUT2D eigenvalue weighted by atomic mass is 9.81. The van der Waals surface area contributed by atoms with Crippen molar-refractivity contribution in [3.63, 3.8) is 0 Å². The molecule has 2 heterocycles. The Balaban J connectivity index is 1.69. The number of halogens is 3. The number of hydrogen-bond acceptors (Lipinski definition) is 7. The van der Waals surface area contributed by atoms with Gasteiger partial charge in [0, 0.05) is 14.1 Å². The Morgan fingerprint density at radius 2 is 1.57 bits per heavy atom. The summed E-state index contributed by atoms with van der Waals surface area (Å²) in [6, 6.07) is 16.4. The second kappa shape index (κ2) is 10.5. The third-order valence-corrected chi connectivity index (χ3v) is 7.64. The first-order valence-corrected chi connectivity index (χ1v) is 12.2. The van der Waals surface area contributed by atoms with Crippen LogP contribution in [0.4, 0.5) is 13.2 Å². The van der Waals surface area contributed by atoms with E-state index >= 15 is 0 Å². The number of thioether (sulfide) groups is 1. The van der Waals surface area contributed by atoms with Crippen molar-refractivity contribution >= 4 is 16.9 Å². The van der Waals surface area contributed by atoms with Crippen molar-refractivity contribution < 1.29 is 32.9 Å². The van der Waals surface area contributed by atoms with Crippen LogP contribution in [-0.4, -0.2) is 75.9 Å². The number of hydrogen-bond donors (Lipinski definition) is 2. The van der Waals surface area contributed by atoms with Gasteiger partial charge in [0.1, 0.15) is 29.8 Å². The first kappa shape index (κ1) is 26.0. The zero-order chi connectivity index (χ0) is 25.2. The maximum Gasteiger partial charge on any atom is 0.420 e. The average Bonchev–Trinajstić information content (AvgIpc) is 3.27. The molecule has 0 aromatic heterocycles. The smallest absolute Gasteiger partial charge is 0.388 e. The van der Waals surface area contributed by atoms with Gasteiger partial charge in [0.2, 0.25) is 0 Å². The molecular weight excluding hydrogens is 481 g/mol. The maximum atomic E-state index is 15.0. The summed E-state index contributed by atoms with van der Waals surface area (Å²) in [7, 11) is 3.48. The molecule has 35 heavy (non-hydrogen) atoms. The predicted octanol–water partition coefficient (Wildman–Crippen LogP) is 3.62. The number of benzene rings is 2. The summed E-state index contributed by atoms with van der Waals surface area (Å²) in [6.07, 6.45) is -10.6. The van der Waals surface area contributed by atoms with Gasteiger partial charge >= 0.3 is 6.18 Å². The number of amidine groups is 1. The number of rotatable bonds is 7.